The van der Waals surface area contributed by atoms with E-state index in [4.69, 9.17) is 4.74 Å². The first-order chi connectivity index (χ1) is 16.0. The first-order valence-corrected chi connectivity index (χ1v) is 11.7. The molecule has 2 fully saturated rings. The van der Waals surface area contributed by atoms with Crippen LogP contribution >= 0.6 is 0 Å². The minimum absolute atomic E-state index is 0.102. The maximum atomic E-state index is 13.3. The quantitative estimate of drug-likeness (QED) is 0.604. The molecule has 1 spiro atoms. The molecule has 0 atom stereocenters. The molecule has 33 heavy (non-hydrogen) atoms. The van der Waals surface area contributed by atoms with E-state index >= 15 is 0 Å². The van der Waals surface area contributed by atoms with Crippen LogP contribution in [0.2, 0.25) is 0 Å². The van der Waals surface area contributed by atoms with Crippen LogP contribution in [-0.2, 0) is 18.4 Å². The molecule has 3 aromatic rings. The molecule has 0 bridgehead atoms. The fourth-order valence-corrected chi connectivity index (χ4v) is 5.45. The van der Waals surface area contributed by atoms with Gasteiger partial charge in [-0.15, -0.1) is 0 Å². The van der Waals surface area contributed by atoms with Crippen molar-refractivity contribution in [3.8, 4) is 5.75 Å². The summed E-state index contributed by atoms with van der Waals surface area (Å²) in [4.78, 5) is 30.0. The van der Waals surface area contributed by atoms with Crippen molar-refractivity contribution in [1.82, 2.24) is 14.4 Å². The second-order valence-corrected chi connectivity index (χ2v) is 9.54. The first-order valence-electron chi connectivity index (χ1n) is 11.7. The van der Waals surface area contributed by atoms with Crippen molar-refractivity contribution in [1.29, 1.82) is 0 Å². The number of rotatable bonds is 4. The summed E-state index contributed by atoms with van der Waals surface area (Å²) in [5.41, 5.74) is 3.04. The van der Waals surface area contributed by atoms with Gasteiger partial charge in [0, 0.05) is 50.6 Å². The number of aromatic nitrogens is 1. The minimum Gasteiger partial charge on any atom is -0.497 e. The number of fused-ring (bicyclic) bond motifs is 1. The molecule has 172 valence electrons. The molecule has 6 heteroatoms. The van der Waals surface area contributed by atoms with E-state index in [0.717, 1.165) is 66.8 Å². The van der Waals surface area contributed by atoms with Crippen LogP contribution in [0.15, 0.2) is 54.6 Å². The second-order valence-electron chi connectivity index (χ2n) is 9.54. The highest BCUT2D eigenvalue weighted by Gasteiger charge is 2.42. The Morgan fingerprint density at radius 2 is 1.76 bits per heavy atom. The number of amides is 2. The van der Waals surface area contributed by atoms with Crippen molar-refractivity contribution < 1.29 is 14.3 Å². The SMILES string of the molecule is COc1ccc(CN2CC3(CCC2=O)CCN(C(=O)c2cc4ccccc4n2C)CC3)cc1. The van der Waals surface area contributed by atoms with Gasteiger partial charge in [0.25, 0.3) is 5.91 Å². The Hall–Kier alpha value is -3.28. The van der Waals surface area contributed by atoms with Gasteiger partial charge in [-0.2, -0.15) is 0 Å². The summed E-state index contributed by atoms with van der Waals surface area (Å²) in [5.74, 6) is 1.15. The van der Waals surface area contributed by atoms with Gasteiger partial charge in [-0.05, 0) is 54.5 Å². The van der Waals surface area contributed by atoms with Gasteiger partial charge < -0.3 is 19.1 Å². The van der Waals surface area contributed by atoms with E-state index in [1.165, 1.54) is 0 Å². The van der Waals surface area contributed by atoms with E-state index in [9.17, 15) is 9.59 Å². The molecule has 1 aromatic heterocycles. The molecule has 0 saturated carbocycles. The number of para-hydroxylation sites is 1. The highest BCUT2D eigenvalue weighted by molar-refractivity contribution is 5.98. The van der Waals surface area contributed by atoms with Gasteiger partial charge in [0.15, 0.2) is 0 Å². The van der Waals surface area contributed by atoms with E-state index in [-0.39, 0.29) is 17.2 Å². The lowest BCUT2D eigenvalue weighted by Crippen LogP contribution is -2.52. The Morgan fingerprint density at radius 3 is 2.45 bits per heavy atom. The topological polar surface area (TPSA) is 54.8 Å². The van der Waals surface area contributed by atoms with Crippen LogP contribution in [0.3, 0.4) is 0 Å². The number of carbonyl (C=O) groups is 2. The molecule has 6 nitrogen and oxygen atoms in total. The zero-order valence-corrected chi connectivity index (χ0v) is 19.4. The Bertz CT molecular complexity index is 1170. The fraction of sp³-hybridized carbons (Fsp3) is 0.407. The van der Waals surface area contributed by atoms with E-state index in [1.807, 2.05) is 76.0 Å². The van der Waals surface area contributed by atoms with Crippen molar-refractivity contribution in [3.05, 3.63) is 65.9 Å². The Morgan fingerprint density at radius 1 is 1.03 bits per heavy atom. The predicted octanol–water partition coefficient (Wildman–Crippen LogP) is 4.23. The summed E-state index contributed by atoms with van der Waals surface area (Å²) in [7, 11) is 3.62. The number of methoxy groups -OCH3 is 1. The number of ether oxygens (including phenoxy) is 1. The highest BCUT2D eigenvalue weighted by Crippen LogP contribution is 2.41. The zero-order valence-electron chi connectivity index (χ0n) is 19.4. The molecular formula is C27H31N3O3. The van der Waals surface area contributed by atoms with E-state index in [0.29, 0.717) is 13.0 Å². The standard InChI is InChI=1S/C27H31N3O3/c1-28-23-6-4-3-5-21(23)17-24(28)26(32)29-15-13-27(14-16-29)12-11-25(31)30(19-27)18-20-7-9-22(33-2)10-8-20/h3-10,17H,11-16,18-19H2,1-2H3. The van der Waals surface area contributed by atoms with Gasteiger partial charge >= 0.3 is 0 Å². The van der Waals surface area contributed by atoms with Crippen molar-refractivity contribution in [2.24, 2.45) is 12.5 Å². The lowest BCUT2D eigenvalue weighted by molar-refractivity contribution is -0.139. The van der Waals surface area contributed by atoms with E-state index < -0.39 is 0 Å². The van der Waals surface area contributed by atoms with Gasteiger partial charge in [0.1, 0.15) is 11.4 Å². The van der Waals surface area contributed by atoms with Crippen molar-refractivity contribution in [2.45, 2.75) is 32.2 Å². The summed E-state index contributed by atoms with van der Waals surface area (Å²) in [6.07, 6.45) is 3.39. The van der Waals surface area contributed by atoms with Gasteiger partial charge in [0.05, 0.1) is 7.11 Å². The van der Waals surface area contributed by atoms with Crippen LogP contribution in [0.1, 0.15) is 41.7 Å². The second kappa shape index (κ2) is 8.58. The number of nitrogens with zero attached hydrogens (tertiary/aromatic N) is 3. The van der Waals surface area contributed by atoms with Crippen LogP contribution in [0.25, 0.3) is 10.9 Å². The first kappa shape index (κ1) is 21.6. The molecule has 0 radical (unpaired) electrons. The van der Waals surface area contributed by atoms with Gasteiger partial charge in [-0.25, -0.2) is 0 Å². The van der Waals surface area contributed by atoms with Crippen LogP contribution in [0.4, 0.5) is 0 Å². The third kappa shape index (κ3) is 4.10. The zero-order chi connectivity index (χ0) is 23.0. The van der Waals surface area contributed by atoms with Gasteiger partial charge in [0.2, 0.25) is 5.91 Å². The monoisotopic (exact) mass is 445 g/mol. The number of likely N-dealkylation sites (tertiary alicyclic amines) is 2. The number of hydrogen-bond donors (Lipinski definition) is 0. The molecule has 0 N–H and O–H groups in total. The number of benzene rings is 2. The molecule has 2 saturated heterocycles. The molecule has 2 amide bonds. The number of aryl methyl sites for hydroxylation is 1. The Labute approximate surface area is 194 Å². The van der Waals surface area contributed by atoms with Crippen LogP contribution in [-0.4, -0.2) is 52.9 Å². The smallest absolute Gasteiger partial charge is 0.270 e. The number of hydrogen-bond acceptors (Lipinski definition) is 3. The maximum Gasteiger partial charge on any atom is 0.270 e. The van der Waals surface area contributed by atoms with E-state index in [1.54, 1.807) is 7.11 Å². The van der Waals surface area contributed by atoms with Crippen molar-refractivity contribution in [2.75, 3.05) is 26.7 Å². The lowest BCUT2D eigenvalue weighted by Gasteiger charge is -2.47. The van der Waals surface area contributed by atoms with Crippen LogP contribution < -0.4 is 4.74 Å². The molecular weight excluding hydrogens is 414 g/mol. The molecule has 2 aliphatic rings. The maximum absolute atomic E-state index is 13.3. The third-order valence-corrected chi connectivity index (χ3v) is 7.56. The largest absolute Gasteiger partial charge is 0.497 e. The minimum atomic E-state index is 0.102. The summed E-state index contributed by atoms with van der Waals surface area (Å²) in [6.45, 7) is 2.88. The van der Waals surface area contributed by atoms with Crippen molar-refractivity contribution in [3.63, 3.8) is 0 Å². The van der Waals surface area contributed by atoms with Crippen LogP contribution in [0.5, 0.6) is 5.75 Å². The lowest BCUT2D eigenvalue weighted by atomic mass is 9.72. The number of carbonyl (C=O) groups excluding carboxylic acids is 2. The average Bonchev–Trinajstić information content (AvgIpc) is 3.19. The molecule has 2 aromatic carbocycles. The fourth-order valence-electron chi connectivity index (χ4n) is 5.45. The van der Waals surface area contributed by atoms with E-state index in [2.05, 4.69) is 0 Å². The summed E-state index contributed by atoms with van der Waals surface area (Å²) in [5, 5.41) is 1.09. The molecule has 0 unspecified atom stereocenters. The van der Waals surface area contributed by atoms with Crippen LogP contribution in [0, 0.1) is 5.41 Å². The molecule has 3 heterocycles. The summed E-state index contributed by atoms with van der Waals surface area (Å²) >= 11 is 0. The average molecular weight is 446 g/mol. The van der Waals surface area contributed by atoms with Gasteiger partial charge in [-0.3, -0.25) is 9.59 Å². The molecule has 0 aliphatic carbocycles. The Balaban J connectivity index is 1.25. The normalized spacial score (nSPS) is 18.2. The van der Waals surface area contributed by atoms with Crippen molar-refractivity contribution >= 4 is 22.7 Å². The molecule has 2 aliphatic heterocycles. The Kier molecular flexibility index (Phi) is 5.60. The number of piperidine rings is 2. The predicted molar refractivity (Wildman–Crippen MR) is 128 cm³/mol. The third-order valence-electron chi connectivity index (χ3n) is 7.56. The highest BCUT2D eigenvalue weighted by atomic mass is 16.5. The van der Waals surface area contributed by atoms with Gasteiger partial charge in [-0.1, -0.05) is 30.3 Å². The summed E-state index contributed by atoms with van der Waals surface area (Å²) in [6, 6.07) is 18.0. The molecule has 5 rings (SSSR count). The summed E-state index contributed by atoms with van der Waals surface area (Å²) < 4.78 is 7.24.